The van der Waals surface area contributed by atoms with Gasteiger partial charge < -0.3 is 10.1 Å². The maximum absolute atomic E-state index is 11.9. The van der Waals surface area contributed by atoms with E-state index in [0.717, 1.165) is 0 Å². The van der Waals surface area contributed by atoms with Crippen LogP contribution in [0.3, 0.4) is 0 Å². The Bertz CT molecular complexity index is 390. The number of nitrogens with one attached hydrogen (secondary N) is 1. The van der Waals surface area contributed by atoms with Gasteiger partial charge in [-0.3, -0.25) is 9.59 Å². The first-order valence-corrected chi connectivity index (χ1v) is 5.36. The third kappa shape index (κ3) is 3.55. The van der Waals surface area contributed by atoms with Crippen LogP contribution >= 0.6 is 0 Å². The van der Waals surface area contributed by atoms with Gasteiger partial charge in [-0.25, -0.2) is 4.98 Å². The first-order chi connectivity index (χ1) is 8.06. The second-order valence-electron chi connectivity index (χ2n) is 3.95. The van der Waals surface area contributed by atoms with E-state index in [1.165, 1.54) is 7.11 Å². The molecule has 1 amide bonds. The molecule has 0 radical (unpaired) electrons. The molecule has 1 rings (SSSR count). The van der Waals surface area contributed by atoms with Gasteiger partial charge in [0.2, 0.25) is 5.91 Å². The van der Waals surface area contributed by atoms with Gasteiger partial charge in [-0.05, 0) is 18.1 Å². The van der Waals surface area contributed by atoms with Crippen LogP contribution in [0, 0.1) is 11.8 Å². The van der Waals surface area contributed by atoms with Gasteiger partial charge >= 0.3 is 5.97 Å². The van der Waals surface area contributed by atoms with Crippen LogP contribution in [-0.4, -0.2) is 24.0 Å². The molecule has 0 fully saturated rings. The summed E-state index contributed by atoms with van der Waals surface area (Å²) in [5.74, 6) is -1.46. The summed E-state index contributed by atoms with van der Waals surface area (Å²) in [7, 11) is 1.27. The van der Waals surface area contributed by atoms with Crippen LogP contribution in [0.2, 0.25) is 0 Å². The monoisotopic (exact) mass is 236 g/mol. The third-order valence-corrected chi connectivity index (χ3v) is 2.32. The largest absolute Gasteiger partial charge is 0.468 e. The summed E-state index contributed by atoms with van der Waals surface area (Å²) in [6.07, 6.45) is 1.57. The Morgan fingerprint density at radius 1 is 1.35 bits per heavy atom. The Labute approximate surface area is 100 Å². The number of carbonyl (C=O) groups is 2. The highest BCUT2D eigenvalue weighted by molar-refractivity contribution is 6.04. The zero-order valence-electron chi connectivity index (χ0n) is 10.1. The molecular weight excluding hydrogens is 220 g/mol. The fourth-order valence-electron chi connectivity index (χ4n) is 1.45. The lowest BCUT2D eigenvalue weighted by Crippen LogP contribution is -2.34. The minimum Gasteiger partial charge on any atom is -0.468 e. The predicted octanol–water partition coefficient (Wildman–Crippen LogP) is 1.47. The van der Waals surface area contributed by atoms with Gasteiger partial charge in [0.1, 0.15) is 11.7 Å². The summed E-state index contributed by atoms with van der Waals surface area (Å²) in [4.78, 5) is 27.3. The number of anilines is 1. The number of rotatable bonds is 4. The molecule has 17 heavy (non-hydrogen) atoms. The van der Waals surface area contributed by atoms with E-state index in [1.54, 1.807) is 38.2 Å². The van der Waals surface area contributed by atoms with Crippen molar-refractivity contribution >= 4 is 17.7 Å². The highest BCUT2D eigenvalue weighted by Crippen LogP contribution is 2.15. The van der Waals surface area contributed by atoms with Crippen LogP contribution in [0.4, 0.5) is 5.82 Å². The number of amides is 1. The normalized spacial score (nSPS) is 12.0. The number of methoxy groups -OCH3 is 1. The molecular formula is C12H16N2O3. The summed E-state index contributed by atoms with van der Waals surface area (Å²) < 4.78 is 4.61. The molecule has 0 aliphatic carbocycles. The van der Waals surface area contributed by atoms with Gasteiger partial charge in [0.25, 0.3) is 0 Å². The van der Waals surface area contributed by atoms with Gasteiger partial charge in [-0.15, -0.1) is 0 Å². The number of carbonyl (C=O) groups excluding carboxylic acids is 2. The molecule has 0 saturated heterocycles. The molecule has 0 saturated carbocycles. The van der Waals surface area contributed by atoms with Crippen molar-refractivity contribution < 1.29 is 14.3 Å². The quantitative estimate of drug-likeness (QED) is 0.635. The van der Waals surface area contributed by atoms with Crippen molar-refractivity contribution in [3.05, 3.63) is 24.4 Å². The first-order valence-electron chi connectivity index (χ1n) is 5.36. The number of hydrogen-bond donors (Lipinski definition) is 1. The summed E-state index contributed by atoms with van der Waals surface area (Å²) in [5.41, 5.74) is 0. The van der Waals surface area contributed by atoms with E-state index >= 15 is 0 Å². The van der Waals surface area contributed by atoms with E-state index in [2.05, 4.69) is 15.0 Å². The summed E-state index contributed by atoms with van der Waals surface area (Å²) >= 11 is 0. The van der Waals surface area contributed by atoms with E-state index in [0.29, 0.717) is 5.82 Å². The fourth-order valence-corrected chi connectivity index (χ4v) is 1.45. The first kappa shape index (κ1) is 13.2. The van der Waals surface area contributed by atoms with Crippen molar-refractivity contribution in [2.24, 2.45) is 11.8 Å². The number of aromatic nitrogens is 1. The van der Waals surface area contributed by atoms with E-state index in [-0.39, 0.29) is 5.92 Å². The maximum Gasteiger partial charge on any atom is 0.318 e. The average Bonchev–Trinajstić information content (AvgIpc) is 2.29. The Balaban J connectivity index is 2.76. The van der Waals surface area contributed by atoms with Gasteiger partial charge in [0.05, 0.1) is 7.11 Å². The Morgan fingerprint density at radius 2 is 2.06 bits per heavy atom. The summed E-state index contributed by atoms with van der Waals surface area (Å²) in [6, 6.07) is 5.16. The summed E-state index contributed by atoms with van der Waals surface area (Å²) in [6.45, 7) is 3.58. The molecule has 5 heteroatoms. The molecule has 0 bridgehead atoms. The lowest BCUT2D eigenvalue weighted by Gasteiger charge is -2.17. The Hall–Kier alpha value is -1.91. The molecule has 0 aliphatic heterocycles. The molecule has 0 spiro atoms. The van der Waals surface area contributed by atoms with Gasteiger partial charge in [-0.2, -0.15) is 0 Å². The van der Waals surface area contributed by atoms with Crippen molar-refractivity contribution in [2.75, 3.05) is 12.4 Å². The molecule has 1 aromatic heterocycles. The molecule has 1 heterocycles. The topological polar surface area (TPSA) is 68.3 Å². The molecule has 1 atom stereocenters. The second kappa shape index (κ2) is 5.98. The molecule has 0 aliphatic rings. The van der Waals surface area contributed by atoms with Crippen molar-refractivity contribution in [3.63, 3.8) is 0 Å². The van der Waals surface area contributed by atoms with Crippen LogP contribution in [0.15, 0.2) is 24.4 Å². The third-order valence-electron chi connectivity index (χ3n) is 2.32. The van der Waals surface area contributed by atoms with Gasteiger partial charge in [0.15, 0.2) is 0 Å². The number of pyridine rings is 1. The van der Waals surface area contributed by atoms with Crippen LogP contribution in [0.1, 0.15) is 13.8 Å². The van der Waals surface area contributed by atoms with E-state index in [1.807, 2.05) is 0 Å². The highest BCUT2D eigenvalue weighted by Gasteiger charge is 2.30. The van der Waals surface area contributed by atoms with Crippen molar-refractivity contribution in [1.82, 2.24) is 4.98 Å². The number of esters is 1. The fraction of sp³-hybridized carbons (Fsp3) is 0.417. The molecule has 0 aromatic carbocycles. The van der Waals surface area contributed by atoms with Crippen LogP contribution in [-0.2, 0) is 14.3 Å². The van der Waals surface area contributed by atoms with Crippen LogP contribution in [0.5, 0.6) is 0 Å². The van der Waals surface area contributed by atoms with Crippen molar-refractivity contribution in [3.8, 4) is 0 Å². The molecule has 1 unspecified atom stereocenters. The maximum atomic E-state index is 11.9. The smallest absolute Gasteiger partial charge is 0.318 e. The zero-order valence-corrected chi connectivity index (χ0v) is 10.1. The van der Waals surface area contributed by atoms with Crippen LogP contribution in [0.25, 0.3) is 0 Å². The molecule has 92 valence electrons. The number of nitrogens with zero attached hydrogens (tertiary/aromatic N) is 1. The minimum absolute atomic E-state index is 0.133. The highest BCUT2D eigenvalue weighted by atomic mass is 16.5. The van der Waals surface area contributed by atoms with Gasteiger partial charge in [0, 0.05) is 6.20 Å². The molecule has 5 nitrogen and oxygen atoms in total. The van der Waals surface area contributed by atoms with E-state index in [9.17, 15) is 9.59 Å². The van der Waals surface area contributed by atoms with Gasteiger partial charge in [-0.1, -0.05) is 19.9 Å². The standard InChI is InChI=1S/C12H16N2O3/c1-8(2)10(12(16)17-3)11(15)14-9-6-4-5-7-13-9/h4-8,10H,1-3H3,(H,13,14,15). The predicted molar refractivity (Wildman–Crippen MR) is 63.2 cm³/mol. The Morgan fingerprint density at radius 3 is 2.53 bits per heavy atom. The van der Waals surface area contributed by atoms with E-state index in [4.69, 9.17) is 0 Å². The average molecular weight is 236 g/mol. The second-order valence-corrected chi connectivity index (χ2v) is 3.95. The summed E-state index contributed by atoms with van der Waals surface area (Å²) in [5, 5.41) is 2.59. The molecule has 1 aromatic rings. The van der Waals surface area contributed by atoms with E-state index < -0.39 is 17.8 Å². The Kier molecular flexibility index (Phi) is 4.63. The number of ether oxygens (including phenoxy) is 1. The van der Waals surface area contributed by atoms with Crippen molar-refractivity contribution in [2.45, 2.75) is 13.8 Å². The molecule has 1 N–H and O–H groups in total. The minimum atomic E-state index is -0.818. The SMILES string of the molecule is COC(=O)C(C(=O)Nc1ccccn1)C(C)C. The van der Waals surface area contributed by atoms with Crippen molar-refractivity contribution in [1.29, 1.82) is 0 Å². The van der Waals surface area contributed by atoms with Crippen LogP contribution < -0.4 is 5.32 Å². The lowest BCUT2D eigenvalue weighted by atomic mass is 9.95. The lowest BCUT2D eigenvalue weighted by molar-refractivity contribution is -0.150. The number of hydrogen-bond acceptors (Lipinski definition) is 4. The zero-order chi connectivity index (χ0) is 12.8.